The van der Waals surface area contributed by atoms with Crippen LogP contribution >= 0.6 is 11.3 Å². The van der Waals surface area contributed by atoms with Crippen LogP contribution in [0.25, 0.3) is 0 Å². The molecule has 2 aromatic rings. The van der Waals surface area contributed by atoms with Crippen LogP contribution < -0.4 is 10.1 Å². The van der Waals surface area contributed by atoms with Crippen molar-refractivity contribution in [2.24, 2.45) is 0 Å². The first-order valence-electron chi connectivity index (χ1n) is 7.75. The van der Waals surface area contributed by atoms with E-state index >= 15 is 0 Å². The summed E-state index contributed by atoms with van der Waals surface area (Å²) in [5, 5.41) is 5.61. The van der Waals surface area contributed by atoms with Gasteiger partial charge in [-0.3, -0.25) is 0 Å². The van der Waals surface area contributed by atoms with Gasteiger partial charge >= 0.3 is 0 Å². The third kappa shape index (κ3) is 5.90. The Balaban J connectivity index is 1.73. The minimum Gasteiger partial charge on any atom is -0.488 e. The number of hydrogen-bond acceptors (Lipinski definition) is 3. The van der Waals surface area contributed by atoms with Crippen molar-refractivity contribution in [1.82, 2.24) is 5.32 Å². The molecule has 2 rings (SSSR count). The first-order valence-corrected chi connectivity index (χ1v) is 8.63. The van der Waals surface area contributed by atoms with Gasteiger partial charge in [0.1, 0.15) is 12.4 Å². The van der Waals surface area contributed by atoms with Crippen molar-refractivity contribution in [3.63, 3.8) is 0 Å². The van der Waals surface area contributed by atoms with Crippen molar-refractivity contribution in [1.29, 1.82) is 0 Å². The van der Waals surface area contributed by atoms with Crippen LogP contribution in [-0.4, -0.2) is 12.6 Å². The third-order valence-electron chi connectivity index (χ3n) is 3.49. The molecule has 0 bridgehead atoms. The lowest BCUT2D eigenvalue weighted by Gasteiger charge is -2.13. The molecule has 1 heterocycles. The van der Waals surface area contributed by atoms with Crippen molar-refractivity contribution in [2.45, 2.75) is 45.8 Å². The summed E-state index contributed by atoms with van der Waals surface area (Å²) < 4.78 is 5.78. The molecule has 0 spiro atoms. The molecule has 1 atom stereocenters. The molecular weight excluding hydrogens is 278 g/mol. The molecule has 0 fully saturated rings. The van der Waals surface area contributed by atoms with Gasteiger partial charge in [-0.15, -0.1) is 11.3 Å². The highest BCUT2D eigenvalue weighted by atomic mass is 32.1. The molecule has 2 nitrogen and oxygen atoms in total. The molecular formula is C18H25NOS. The summed E-state index contributed by atoms with van der Waals surface area (Å²) in [4.78, 5) is 1.26. The van der Waals surface area contributed by atoms with Gasteiger partial charge in [0.15, 0.2) is 0 Å². The third-order valence-corrected chi connectivity index (χ3v) is 4.34. The Labute approximate surface area is 132 Å². The summed E-state index contributed by atoms with van der Waals surface area (Å²) >= 11 is 1.73. The summed E-state index contributed by atoms with van der Waals surface area (Å²) in [6.45, 7) is 6.23. The van der Waals surface area contributed by atoms with Gasteiger partial charge in [-0.25, -0.2) is 0 Å². The van der Waals surface area contributed by atoms with E-state index in [2.05, 4.69) is 60.9 Å². The number of thiophene rings is 1. The van der Waals surface area contributed by atoms with Gasteiger partial charge in [0.25, 0.3) is 0 Å². The Hall–Kier alpha value is -1.32. The maximum Gasteiger partial charge on any atom is 0.122 e. The zero-order valence-corrected chi connectivity index (χ0v) is 13.8. The highest BCUT2D eigenvalue weighted by molar-refractivity contribution is 7.09. The summed E-state index contributed by atoms with van der Waals surface area (Å²) in [6, 6.07) is 13.2. The molecule has 1 unspecified atom stereocenters. The first-order chi connectivity index (χ1) is 10.3. The highest BCUT2D eigenvalue weighted by Crippen LogP contribution is 2.17. The van der Waals surface area contributed by atoms with Crippen LogP contribution in [0.3, 0.4) is 0 Å². The second kappa shape index (κ2) is 8.85. The van der Waals surface area contributed by atoms with Gasteiger partial charge in [-0.05, 0) is 61.9 Å². The summed E-state index contributed by atoms with van der Waals surface area (Å²) in [6.07, 6.45) is 3.49. The number of rotatable bonds is 9. The summed E-state index contributed by atoms with van der Waals surface area (Å²) in [5.74, 6) is 0.948. The minimum atomic E-state index is 0.583. The van der Waals surface area contributed by atoms with E-state index in [1.54, 1.807) is 11.3 Å². The molecule has 114 valence electrons. The fourth-order valence-corrected chi connectivity index (χ4v) is 2.79. The fraction of sp³-hybridized carbons (Fsp3) is 0.444. The van der Waals surface area contributed by atoms with Gasteiger partial charge in [-0.2, -0.15) is 0 Å². The van der Waals surface area contributed by atoms with Crippen LogP contribution in [0, 0.1) is 0 Å². The average Bonchev–Trinajstić information content (AvgIpc) is 3.03. The van der Waals surface area contributed by atoms with Crippen LogP contribution in [0.15, 0.2) is 41.8 Å². The fourth-order valence-electron chi connectivity index (χ4n) is 2.18. The van der Waals surface area contributed by atoms with Gasteiger partial charge in [0.05, 0.1) is 0 Å². The maximum atomic E-state index is 5.78. The van der Waals surface area contributed by atoms with E-state index in [0.717, 1.165) is 18.7 Å². The van der Waals surface area contributed by atoms with E-state index < -0.39 is 0 Å². The van der Waals surface area contributed by atoms with E-state index in [1.165, 1.54) is 23.3 Å². The van der Waals surface area contributed by atoms with Crippen molar-refractivity contribution in [3.05, 3.63) is 52.2 Å². The van der Waals surface area contributed by atoms with Crippen LogP contribution in [0.2, 0.25) is 0 Å². The Morgan fingerprint density at radius 3 is 2.67 bits per heavy atom. The van der Waals surface area contributed by atoms with E-state index in [-0.39, 0.29) is 0 Å². The number of nitrogens with one attached hydrogen (secondary N) is 1. The highest BCUT2D eigenvalue weighted by Gasteiger charge is 2.02. The Bertz CT molecular complexity index is 492. The molecule has 0 saturated heterocycles. The molecule has 3 heteroatoms. The lowest BCUT2D eigenvalue weighted by molar-refractivity contribution is 0.309. The monoisotopic (exact) mass is 303 g/mol. The van der Waals surface area contributed by atoms with Crippen LogP contribution in [-0.2, 0) is 13.0 Å². The molecule has 0 aliphatic heterocycles. The zero-order chi connectivity index (χ0) is 14.9. The first kappa shape index (κ1) is 16.1. The molecule has 21 heavy (non-hydrogen) atoms. The Morgan fingerprint density at radius 2 is 2.00 bits per heavy atom. The van der Waals surface area contributed by atoms with Gasteiger partial charge < -0.3 is 10.1 Å². The Morgan fingerprint density at radius 1 is 1.19 bits per heavy atom. The lowest BCUT2D eigenvalue weighted by Crippen LogP contribution is -2.27. The summed E-state index contributed by atoms with van der Waals surface area (Å²) in [7, 11) is 0. The number of benzene rings is 1. The van der Waals surface area contributed by atoms with E-state index in [0.29, 0.717) is 12.6 Å². The van der Waals surface area contributed by atoms with Crippen molar-refractivity contribution < 1.29 is 4.74 Å². The zero-order valence-electron chi connectivity index (χ0n) is 13.0. The molecule has 0 aliphatic carbocycles. The standard InChI is InChI=1S/C18H25NOS/c1-3-12-19-15(2)6-7-16-8-10-17(11-9-16)20-14-18-5-4-13-21-18/h4-5,8-11,13,15,19H,3,6-7,12,14H2,1-2H3. The smallest absolute Gasteiger partial charge is 0.122 e. The van der Waals surface area contributed by atoms with Crippen molar-refractivity contribution in [2.75, 3.05) is 6.54 Å². The van der Waals surface area contributed by atoms with Crippen LogP contribution in [0.5, 0.6) is 5.75 Å². The molecule has 1 N–H and O–H groups in total. The number of aryl methyl sites for hydroxylation is 1. The second-order valence-electron chi connectivity index (χ2n) is 5.41. The number of ether oxygens (including phenoxy) is 1. The molecule has 0 aliphatic rings. The second-order valence-corrected chi connectivity index (χ2v) is 6.44. The average molecular weight is 303 g/mol. The van der Waals surface area contributed by atoms with E-state index in [4.69, 9.17) is 4.74 Å². The molecule has 0 saturated carbocycles. The largest absolute Gasteiger partial charge is 0.488 e. The lowest BCUT2D eigenvalue weighted by atomic mass is 10.1. The van der Waals surface area contributed by atoms with Gasteiger partial charge in [0, 0.05) is 10.9 Å². The van der Waals surface area contributed by atoms with Crippen LogP contribution in [0.1, 0.15) is 37.1 Å². The molecule has 1 aromatic carbocycles. The SMILES string of the molecule is CCCNC(C)CCc1ccc(OCc2cccs2)cc1. The Kier molecular flexibility index (Phi) is 6.77. The van der Waals surface area contributed by atoms with Crippen molar-refractivity contribution in [3.8, 4) is 5.75 Å². The quantitative estimate of drug-likeness (QED) is 0.728. The van der Waals surface area contributed by atoms with Crippen LogP contribution in [0.4, 0.5) is 0 Å². The minimum absolute atomic E-state index is 0.583. The number of hydrogen-bond donors (Lipinski definition) is 1. The molecule has 0 amide bonds. The molecule has 1 aromatic heterocycles. The predicted octanol–water partition coefficient (Wildman–Crippen LogP) is 4.65. The van der Waals surface area contributed by atoms with Gasteiger partial charge in [0.2, 0.25) is 0 Å². The van der Waals surface area contributed by atoms with Crippen molar-refractivity contribution >= 4 is 11.3 Å². The maximum absolute atomic E-state index is 5.78. The predicted molar refractivity (Wildman–Crippen MR) is 91.2 cm³/mol. The van der Waals surface area contributed by atoms with E-state index in [9.17, 15) is 0 Å². The van der Waals surface area contributed by atoms with Gasteiger partial charge in [-0.1, -0.05) is 25.1 Å². The normalized spacial score (nSPS) is 12.3. The summed E-state index contributed by atoms with van der Waals surface area (Å²) in [5.41, 5.74) is 1.38. The topological polar surface area (TPSA) is 21.3 Å². The van der Waals surface area contributed by atoms with E-state index in [1.807, 2.05) is 0 Å². The molecule has 0 radical (unpaired) electrons.